The van der Waals surface area contributed by atoms with Crippen molar-refractivity contribution >= 4 is 72.8 Å². The zero-order chi connectivity index (χ0) is 95.0. The summed E-state index contributed by atoms with van der Waals surface area (Å²) in [4.78, 5) is 5.40. The third kappa shape index (κ3) is 11.5. The van der Waals surface area contributed by atoms with E-state index in [2.05, 4.69) is 94.9 Å². The number of ether oxygens (including phenoxy) is 1. The van der Waals surface area contributed by atoms with Crippen LogP contribution in [0.25, 0.3) is 128 Å². The molecule has 1 aliphatic heterocycles. The Bertz CT molecular complexity index is 7730. The van der Waals surface area contributed by atoms with Gasteiger partial charge in [0.15, 0.2) is 8.07 Å². The number of hydrogen-bond acceptors (Lipinski definition) is 3. The number of benzene rings is 14. The molecule has 106 heavy (non-hydrogen) atoms. The Hall–Kier alpha value is -11.5. The smallest absolute Gasteiger partial charge is 0.268 e. The third-order valence-corrected chi connectivity index (χ3v) is 23.4. The molecule has 0 radical (unpaired) electrons. The fourth-order valence-corrected chi connectivity index (χ4v) is 17.8. The topological polar surface area (TPSA) is 49.0 Å². The van der Waals surface area contributed by atoms with Crippen molar-refractivity contribution < 1.29 is 71.8 Å². The van der Waals surface area contributed by atoms with Crippen LogP contribution in [0.2, 0.25) is 0 Å². The molecule has 0 saturated carbocycles. The molecule has 0 N–H and O–H groups in total. The van der Waals surface area contributed by atoms with Gasteiger partial charge in [0, 0.05) is 54.8 Å². The molecule has 3 aromatic heterocycles. The number of aromatic nitrogens is 4. The van der Waals surface area contributed by atoms with Crippen molar-refractivity contribution in [2.75, 3.05) is 0 Å². The van der Waals surface area contributed by atoms with Crippen LogP contribution in [0.1, 0.15) is 116 Å². The van der Waals surface area contributed by atoms with E-state index >= 15 is 0 Å². The molecule has 0 saturated heterocycles. The second kappa shape index (κ2) is 26.3. The Morgan fingerprint density at radius 2 is 0.991 bits per heavy atom. The summed E-state index contributed by atoms with van der Waals surface area (Å²) in [5.74, 6) is 0.762. The summed E-state index contributed by atoms with van der Waals surface area (Å²) in [6.07, 6.45) is 3.54. The average Bonchev–Trinajstić information content (AvgIpc) is 1.65. The summed E-state index contributed by atoms with van der Waals surface area (Å²) in [5, 5.41) is -3.44. The number of nitrogens with zero attached hydrogens (tertiary/aromatic N) is 4. The molecule has 0 amide bonds. The number of rotatable bonds is 11. The summed E-state index contributed by atoms with van der Waals surface area (Å²) < 4.78 is 285. The van der Waals surface area contributed by atoms with Gasteiger partial charge in [-0.15, -0.1) is 29.3 Å². The van der Waals surface area contributed by atoms with Gasteiger partial charge in [-0.3, -0.25) is 9.55 Å². The SMILES string of the molecule is [2H]c1c([2H])c([2H])c([Si](c2c([2H])c([2H])c([2H])c([2H])c2[2H])(c2c([2H])c([2H])c([2H])c([2H])c2[2H])c2c([2H])c([2H])c([2H])c(-c3cc(C(C)(C)C)cc4c3-[n+]3[c-]n(-c5[c-]c(Oc6[c-]c(-c7nc8ccccc8n7-c7ccc(C(C)(C)C)cc7-c7ccccc7)cc(C(C)(C)C)c6)cc6c5oc5ccccc56)c5cccc(c53)-c3c([2H])c([2H])c([2H])c([2H])c3-c3c([2H])c([2H])c([2H])c([2H])c3-4)c2[2H])c([2H])c1[2H].[Pt]. The van der Waals surface area contributed by atoms with Crippen LogP contribution in [-0.2, 0) is 37.3 Å². The summed E-state index contributed by atoms with van der Waals surface area (Å²) >= 11 is 0. The largest absolute Gasteiger partial charge is 0.519 e. The van der Waals surface area contributed by atoms with E-state index in [9.17, 15) is 32.9 Å². The molecular formula is C98H78N4O2PtSi-2. The van der Waals surface area contributed by atoms with Gasteiger partial charge < -0.3 is 18.3 Å². The van der Waals surface area contributed by atoms with E-state index in [1.807, 2.05) is 66.7 Å². The minimum Gasteiger partial charge on any atom is -0.519 e. The zero-order valence-corrected chi connectivity index (χ0v) is 62.1. The van der Waals surface area contributed by atoms with Gasteiger partial charge >= 0.3 is 0 Å². The van der Waals surface area contributed by atoms with Gasteiger partial charge in [-0.1, -0.05) is 340 Å². The second-order valence-corrected chi connectivity index (χ2v) is 32.5. The molecule has 0 spiro atoms. The minimum atomic E-state index is -6.60. The van der Waals surface area contributed by atoms with E-state index in [-0.39, 0.29) is 88.2 Å². The van der Waals surface area contributed by atoms with Crippen LogP contribution >= 0.6 is 0 Å². The first-order chi connectivity index (χ1) is 62.2. The van der Waals surface area contributed by atoms with E-state index in [0.29, 0.717) is 33.3 Å². The van der Waals surface area contributed by atoms with Crippen molar-refractivity contribution in [1.82, 2.24) is 14.1 Å². The molecule has 0 atom stereocenters. The van der Waals surface area contributed by atoms with E-state index in [1.54, 1.807) is 51.1 Å². The van der Waals surface area contributed by atoms with Crippen LogP contribution in [0.3, 0.4) is 0 Å². The molecule has 0 fully saturated rings. The van der Waals surface area contributed by atoms with E-state index in [4.69, 9.17) is 18.3 Å². The number of furan rings is 1. The Morgan fingerprint density at radius 3 is 1.65 bits per heavy atom. The van der Waals surface area contributed by atoms with Gasteiger partial charge in [0.2, 0.25) is 0 Å². The fourth-order valence-electron chi connectivity index (χ4n) is 14.2. The molecule has 518 valence electrons. The normalized spacial score (nSPS) is 15.9. The first kappa shape index (κ1) is 43.7. The zero-order valence-electron chi connectivity index (χ0n) is 85.8. The molecule has 18 rings (SSSR count). The Morgan fingerprint density at radius 1 is 0.443 bits per heavy atom. The average molecular weight is 1590 g/mol. The van der Waals surface area contributed by atoms with Gasteiger partial charge in [-0.2, -0.15) is 0 Å². The van der Waals surface area contributed by atoms with Crippen molar-refractivity contribution in [2.45, 2.75) is 78.6 Å². The Kier molecular flexibility index (Phi) is 10.8. The standard InChI is InChI=1S/C98H78N4O2Si.Pt/c1-96(2,3)67-52-53-87(82(58-67)64-32-14-10-15-33-64)102-88-49-28-27-48-86(88)99-95(102)66-54-68(97(4,5)6)57-70(55-66)103-71-61-85-80-46-26-29-51-91(80)104-94(85)90(62-71)100-63-101-92-83(65-34-30-41-75(56-65)105(72-35-16-11-17-36-72,73-37-18-12-19-38-73)74-39-20-13-21-40-74)59-69(98(7,8)9)60-84(92)79-45-25-23-43-77(79)76-42-22-24-44-78(76)81-47-31-50-89(100)93(81)101;/h10-54,56-61H,1-9H3;/q-2;/i11D,12D,13D,16D,17D,18D,19D,20D,21D,22D,23D,24D,25D,30D,34D,35D,36D,37D,38D,39D,40D,41D,42D,43D,44D,45D,56D;. The van der Waals surface area contributed by atoms with Crippen LogP contribution in [0, 0.1) is 18.5 Å². The third-order valence-electron chi connectivity index (χ3n) is 19.4. The first-order valence-corrected chi connectivity index (χ1v) is 36.2. The van der Waals surface area contributed by atoms with Crippen molar-refractivity contribution in [3.63, 3.8) is 0 Å². The van der Waals surface area contributed by atoms with Crippen LogP contribution in [0.15, 0.2) is 313 Å². The van der Waals surface area contributed by atoms with Gasteiger partial charge in [-0.25, -0.2) is 0 Å². The molecule has 0 aliphatic carbocycles. The molecule has 0 unspecified atom stereocenters. The molecule has 0 bridgehead atoms. The fraction of sp³-hybridized carbons (Fsp3) is 0.122. The van der Waals surface area contributed by atoms with E-state index < -0.39 is 231 Å². The van der Waals surface area contributed by atoms with Crippen molar-refractivity contribution in [3.8, 4) is 95.6 Å². The van der Waals surface area contributed by atoms with Gasteiger partial charge in [0.1, 0.15) is 5.58 Å². The number of fused-ring (bicyclic) bond motifs is 11. The van der Waals surface area contributed by atoms with Crippen LogP contribution < -0.4 is 30.1 Å². The predicted octanol–water partition coefficient (Wildman–Crippen LogP) is 21.9. The van der Waals surface area contributed by atoms with Crippen molar-refractivity contribution in [2.24, 2.45) is 0 Å². The molecule has 8 heteroatoms. The molecule has 4 heterocycles. The maximum Gasteiger partial charge on any atom is 0.268 e. The van der Waals surface area contributed by atoms with Gasteiger partial charge in [-0.05, 0) is 134 Å². The first-order valence-electron chi connectivity index (χ1n) is 47.7. The van der Waals surface area contributed by atoms with Gasteiger partial charge in [0.05, 0.1) is 70.6 Å². The molecule has 14 aromatic carbocycles. The Labute approximate surface area is 673 Å². The minimum absolute atomic E-state index is 0. The van der Waals surface area contributed by atoms with E-state index in [1.165, 1.54) is 27.3 Å². The monoisotopic (exact) mass is 1590 g/mol. The molecular weight excluding hydrogens is 1490 g/mol. The van der Waals surface area contributed by atoms with Crippen LogP contribution in [0.4, 0.5) is 0 Å². The van der Waals surface area contributed by atoms with Crippen LogP contribution in [-0.4, -0.2) is 22.2 Å². The maximum absolute atomic E-state index is 11.4. The molecule has 1 aliphatic rings. The molecule has 6 nitrogen and oxygen atoms in total. The number of imidazole rings is 2. The summed E-state index contributed by atoms with van der Waals surface area (Å²) in [7, 11) is -6.60. The van der Waals surface area contributed by atoms with Crippen molar-refractivity contribution in [3.05, 3.63) is 344 Å². The van der Waals surface area contributed by atoms with Gasteiger partial charge in [0.25, 0.3) is 6.33 Å². The van der Waals surface area contributed by atoms with Crippen molar-refractivity contribution in [1.29, 1.82) is 0 Å². The summed E-state index contributed by atoms with van der Waals surface area (Å²) in [6.45, 7) is 17.9. The predicted molar refractivity (Wildman–Crippen MR) is 436 cm³/mol. The maximum atomic E-state index is 11.4. The number of para-hydroxylation sites is 4. The van der Waals surface area contributed by atoms with E-state index in [0.717, 1.165) is 33.5 Å². The summed E-state index contributed by atoms with van der Waals surface area (Å²) in [6, 6.07) is 23.1. The van der Waals surface area contributed by atoms with Crippen LogP contribution in [0.5, 0.6) is 11.5 Å². The summed E-state index contributed by atoms with van der Waals surface area (Å²) in [5.41, 5.74) is 1.70. The number of hydrogen-bond donors (Lipinski definition) is 0. The Balaban J connectivity index is 0.0000123. The second-order valence-electron chi connectivity index (χ2n) is 29.0. The molecule has 17 aromatic rings. The quantitative estimate of drug-likeness (QED) is 0.0561.